The summed E-state index contributed by atoms with van der Waals surface area (Å²) >= 11 is 0. The molecule has 40 heavy (non-hydrogen) atoms. The predicted octanol–water partition coefficient (Wildman–Crippen LogP) is 6.97. The molecule has 3 rings (SSSR count). The largest absolute Gasteiger partial charge is 0.464 e. The fourth-order valence-corrected chi connectivity index (χ4v) is 5.15. The number of aryl methyl sites for hydroxylation is 1. The Balaban J connectivity index is 1.87. The zero-order chi connectivity index (χ0) is 29.4. The van der Waals surface area contributed by atoms with Gasteiger partial charge in [0.1, 0.15) is 5.58 Å². The second-order valence-corrected chi connectivity index (χ2v) is 12.9. The molecular formula is C34H46N2O4. The Morgan fingerprint density at radius 3 is 2.27 bits per heavy atom. The van der Waals surface area contributed by atoms with E-state index in [-0.39, 0.29) is 41.7 Å². The molecule has 1 heterocycles. The Hall–Kier alpha value is -3.41. The van der Waals surface area contributed by atoms with Gasteiger partial charge < -0.3 is 14.2 Å². The van der Waals surface area contributed by atoms with Crippen LogP contribution in [0, 0.1) is 24.2 Å². The number of nitrogens with zero attached hydrogens (tertiary/aromatic N) is 2. The summed E-state index contributed by atoms with van der Waals surface area (Å²) in [6.07, 6.45) is 3.62. The van der Waals surface area contributed by atoms with Crippen molar-refractivity contribution < 1.29 is 14.0 Å². The zero-order valence-corrected chi connectivity index (χ0v) is 25.3. The summed E-state index contributed by atoms with van der Waals surface area (Å²) in [6.45, 7) is 15.8. The number of carbonyl (C=O) groups excluding carboxylic acids is 2. The Labute approximate surface area is 239 Å². The van der Waals surface area contributed by atoms with E-state index in [1.165, 1.54) is 6.26 Å². The van der Waals surface area contributed by atoms with E-state index in [2.05, 4.69) is 41.5 Å². The molecule has 0 aliphatic heterocycles. The van der Waals surface area contributed by atoms with Crippen molar-refractivity contribution in [2.45, 2.75) is 80.8 Å². The molecular weight excluding hydrogens is 500 g/mol. The van der Waals surface area contributed by atoms with Gasteiger partial charge in [0, 0.05) is 19.5 Å². The van der Waals surface area contributed by atoms with Crippen LogP contribution in [0.5, 0.6) is 0 Å². The lowest BCUT2D eigenvalue weighted by Crippen LogP contribution is -2.44. The molecule has 0 radical (unpaired) electrons. The fraction of sp³-hybridized carbons (Fsp3) is 0.500. The Morgan fingerprint density at radius 2 is 1.62 bits per heavy atom. The summed E-state index contributed by atoms with van der Waals surface area (Å²) in [5, 5.41) is 0.506. The van der Waals surface area contributed by atoms with Gasteiger partial charge in [-0.25, -0.2) is 0 Å². The minimum absolute atomic E-state index is 0.00565. The highest BCUT2D eigenvalue weighted by Crippen LogP contribution is 2.26. The van der Waals surface area contributed by atoms with E-state index in [0.29, 0.717) is 42.0 Å². The third-order valence-electron chi connectivity index (χ3n) is 7.07. The summed E-state index contributed by atoms with van der Waals surface area (Å²) in [5.41, 5.74) is 2.85. The molecule has 0 aliphatic carbocycles. The van der Waals surface area contributed by atoms with Crippen LogP contribution in [0.4, 0.5) is 0 Å². The maximum Gasteiger partial charge on any atom is 0.242 e. The smallest absolute Gasteiger partial charge is 0.242 e. The van der Waals surface area contributed by atoms with Crippen LogP contribution < -0.4 is 5.43 Å². The van der Waals surface area contributed by atoms with Gasteiger partial charge in [0.05, 0.1) is 30.3 Å². The molecule has 0 spiro atoms. The number of hydrogen-bond acceptors (Lipinski definition) is 4. The Kier molecular flexibility index (Phi) is 10.7. The number of rotatable bonds is 12. The highest BCUT2D eigenvalue weighted by atomic mass is 16.3. The first-order valence-corrected chi connectivity index (χ1v) is 14.4. The summed E-state index contributed by atoms with van der Waals surface area (Å²) < 4.78 is 5.77. The maximum atomic E-state index is 13.9. The van der Waals surface area contributed by atoms with Crippen molar-refractivity contribution in [2.75, 3.05) is 13.1 Å². The highest BCUT2D eigenvalue weighted by molar-refractivity contribution is 5.85. The summed E-state index contributed by atoms with van der Waals surface area (Å²) in [6, 6.07) is 15.2. The summed E-state index contributed by atoms with van der Waals surface area (Å²) in [4.78, 5) is 44.1. The molecule has 1 atom stereocenters. The minimum Gasteiger partial charge on any atom is -0.464 e. The molecule has 2 amide bonds. The minimum atomic E-state index is -0.187. The third kappa shape index (κ3) is 9.35. The molecule has 0 aliphatic rings. The van der Waals surface area contributed by atoms with Crippen LogP contribution in [0.15, 0.2) is 64.0 Å². The SMILES string of the molecule is Cc1ccc2occ(CN(Cc3ccccc3)C(=O)CN(CCC(C)C)C(=O)CC(C)CC(C)(C)C)c(=O)c2c1. The van der Waals surface area contributed by atoms with Crippen LogP contribution in [0.1, 0.15) is 77.5 Å². The first-order valence-electron chi connectivity index (χ1n) is 14.4. The van der Waals surface area contributed by atoms with Gasteiger partial charge >= 0.3 is 0 Å². The monoisotopic (exact) mass is 546 g/mol. The quantitative estimate of drug-likeness (QED) is 0.246. The lowest BCUT2D eigenvalue weighted by molar-refractivity contribution is -0.142. The first-order chi connectivity index (χ1) is 18.8. The van der Waals surface area contributed by atoms with E-state index in [0.717, 1.165) is 24.0 Å². The second-order valence-electron chi connectivity index (χ2n) is 12.9. The van der Waals surface area contributed by atoms with Gasteiger partial charge in [-0.3, -0.25) is 14.4 Å². The van der Waals surface area contributed by atoms with Gasteiger partial charge in [-0.15, -0.1) is 0 Å². The second kappa shape index (κ2) is 13.8. The fourth-order valence-electron chi connectivity index (χ4n) is 5.15. The summed E-state index contributed by atoms with van der Waals surface area (Å²) in [7, 11) is 0. The van der Waals surface area contributed by atoms with Crippen LogP contribution >= 0.6 is 0 Å². The maximum absolute atomic E-state index is 13.9. The van der Waals surface area contributed by atoms with Crippen molar-refractivity contribution in [3.63, 3.8) is 0 Å². The van der Waals surface area contributed by atoms with Gasteiger partial charge in [0.25, 0.3) is 0 Å². The predicted molar refractivity (Wildman–Crippen MR) is 162 cm³/mol. The van der Waals surface area contributed by atoms with E-state index < -0.39 is 0 Å². The van der Waals surface area contributed by atoms with Gasteiger partial charge in [-0.1, -0.05) is 83.5 Å². The summed E-state index contributed by atoms with van der Waals surface area (Å²) in [5.74, 6) is 0.443. The average molecular weight is 547 g/mol. The molecule has 216 valence electrons. The van der Waals surface area contributed by atoms with Crippen LogP contribution in [0.25, 0.3) is 11.0 Å². The number of benzene rings is 2. The highest BCUT2D eigenvalue weighted by Gasteiger charge is 2.25. The molecule has 0 saturated heterocycles. The average Bonchev–Trinajstić information content (AvgIpc) is 2.87. The zero-order valence-electron chi connectivity index (χ0n) is 25.3. The molecule has 1 aromatic heterocycles. The van der Waals surface area contributed by atoms with E-state index in [1.807, 2.05) is 49.4 Å². The standard InChI is InChI=1S/C34H46N2O4/c1-24(2)15-16-35(31(37)18-26(4)19-34(5,6)7)22-32(38)36(20-27-11-9-8-10-12-27)21-28-23-40-30-14-13-25(3)17-29(30)33(28)39/h8-14,17,23-24,26H,15-16,18-22H2,1-7H3. The van der Waals surface area contributed by atoms with Gasteiger partial charge in [0.2, 0.25) is 11.8 Å². The van der Waals surface area contributed by atoms with Crippen molar-refractivity contribution in [1.82, 2.24) is 9.80 Å². The van der Waals surface area contributed by atoms with Crippen LogP contribution in [0.2, 0.25) is 0 Å². The van der Waals surface area contributed by atoms with Crippen molar-refractivity contribution in [2.24, 2.45) is 17.3 Å². The molecule has 1 unspecified atom stereocenters. The molecule has 0 bridgehead atoms. The van der Waals surface area contributed by atoms with Crippen molar-refractivity contribution in [1.29, 1.82) is 0 Å². The van der Waals surface area contributed by atoms with Crippen molar-refractivity contribution in [3.8, 4) is 0 Å². The molecule has 0 N–H and O–H groups in total. The van der Waals surface area contributed by atoms with Gasteiger partial charge in [-0.2, -0.15) is 0 Å². The molecule has 3 aromatic rings. The molecule has 0 fully saturated rings. The lowest BCUT2D eigenvalue weighted by atomic mass is 9.84. The topological polar surface area (TPSA) is 70.8 Å². The van der Waals surface area contributed by atoms with E-state index in [4.69, 9.17) is 4.42 Å². The van der Waals surface area contributed by atoms with Crippen LogP contribution in [0.3, 0.4) is 0 Å². The number of carbonyl (C=O) groups is 2. The Morgan fingerprint density at radius 1 is 0.925 bits per heavy atom. The Bertz CT molecular complexity index is 1340. The van der Waals surface area contributed by atoms with Crippen molar-refractivity contribution >= 4 is 22.8 Å². The normalized spacial score (nSPS) is 12.5. The van der Waals surface area contributed by atoms with Crippen molar-refractivity contribution in [3.05, 3.63) is 81.7 Å². The number of amides is 2. The number of hydrogen-bond donors (Lipinski definition) is 0. The van der Waals surface area contributed by atoms with E-state index >= 15 is 0 Å². The van der Waals surface area contributed by atoms with Gasteiger partial charge in [-0.05, 0) is 54.7 Å². The van der Waals surface area contributed by atoms with Crippen LogP contribution in [-0.2, 0) is 22.7 Å². The van der Waals surface area contributed by atoms with E-state index in [9.17, 15) is 14.4 Å². The lowest BCUT2D eigenvalue weighted by Gasteiger charge is -2.30. The molecule has 2 aromatic carbocycles. The molecule has 6 heteroatoms. The van der Waals surface area contributed by atoms with Crippen LogP contribution in [-0.4, -0.2) is 34.7 Å². The third-order valence-corrected chi connectivity index (χ3v) is 7.07. The van der Waals surface area contributed by atoms with Gasteiger partial charge in [0.15, 0.2) is 5.43 Å². The molecule has 0 saturated carbocycles. The first kappa shape index (κ1) is 31.1. The number of fused-ring (bicyclic) bond motifs is 1. The van der Waals surface area contributed by atoms with E-state index in [1.54, 1.807) is 15.9 Å². The molecule has 6 nitrogen and oxygen atoms in total.